The number of carbonyl (C=O) groups excluding carboxylic acids is 1. The zero-order chi connectivity index (χ0) is 19.2. The van der Waals surface area contributed by atoms with Crippen molar-refractivity contribution in [2.24, 2.45) is 0 Å². The van der Waals surface area contributed by atoms with Crippen LogP contribution in [0.15, 0.2) is 60.8 Å². The molecule has 1 heterocycles. The van der Waals surface area contributed by atoms with Gasteiger partial charge < -0.3 is 20.1 Å². The van der Waals surface area contributed by atoms with Crippen molar-refractivity contribution >= 4 is 23.1 Å². The summed E-state index contributed by atoms with van der Waals surface area (Å²) in [5.74, 6) is 1.56. The van der Waals surface area contributed by atoms with E-state index in [0.717, 1.165) is 5.69 Å². The van der Waals surface area contributed by atoms with Crippen LogP contribution in [0.2, 0.25) is 0 Å². The highest BCUT2D eigenvalue weighted by molar-refractivity contribution is 6.04. The van der Waals surface area contributed by atoms with Gasteiger partial charge in [-0.3, -0.25) is 4.79 Å². The van der Waals surface area contributed by atoms with Gasteiger partial charge in [-0.1, -0.05) is 17.7 Å². The zero-order valence-electron chi connectivity index (χ0n) is 15.4. The van der Waals surface area contributed by atoms with E-state index in [1.54, 1.807) is 44.6 Å². The number of hydrogen-bond donors (Lipinski definition) is 2. The van der Waals surface area contributed by atoms with Crippen molar-refractivity contribution in [3.05, 3.63) is 71.9 Å². The molecule has 0 saturated heterocycles. The number of benzene rings is 2. The number of pyridine rings is 1. The molecule has 3 aromatic rings. The molecule has 0 fully saturated rings. The lowest BCUT2D eigenvalue weighted by Gasteiger charge is -2.11. The lowest BCUT2D eigenvalue weighted by Crippen LogP contribution is -2.12. The molecule has 1 aromatic heterocycles. The molecule has 3 rings (SSSR count). The fraction of sp³-hybridized carbons (Fsp3) is 0.143. The second kappa shape index (κ2) is 8.23. The normalized spacial score (nSPS) is 10.2. The standard InChI is InChI=1S/C21H21N3O3/c1-14-4-7-16(8-5-14)23-20-11-6-15(13-22-20)21(25)24-17-9-10-18(26-2)19(12-17)27-3/h4-13H,1-3H3,(H,22,23)(H,24,25). The highest BCUT2D eigenvalue weighted by Crippen LogP contribution is 2.29. The maximum Gasteiger partial charge on any atom is 0.257 e. The van der Waals surface area contributed by atoms with Crippen molar-refractivity contribution in [1.29, 1.82) is 0 Å². The number of rotatable bonds is 6. The number of carbonyl (C=O) groups is 1. The van der Waals surface area contributed by atoms with Gasteiger partial charge in [0.15, 0.2) is 11.5 Å². The molecule has 6 heteroatoms. The summed E-state index contributed by atoms with van der Waals surface area (Å²) < 4.78 is 10.4. The third-order valence-corrected chi connectivity index (χ3v) is 3.99. The summed E-state index contributed by atoms with van der Waals surface area (Å²) in [5, 5.41) is 6.03. The number of aromatic nitrogens is 1. The number of amides is 1. The van der Waals surface area contributed by atoms with Gasteiger partial charge in [-0.05, 0) is 43.3 Å². The summed E-state index contributed by atoms with van der Waals surface area (Å²) in [5.41, 5.74) is 3.20. The van der Waals surface area contributed by atoms with E-state index in [0.29, 0.717) is 28.6 Å². The second-order valence-electron chi connectivity index (χ2n) is 5.95. The largest absolute Gasteiger partial charge is 0.493 e. The van der Waals surface area contributed by atoms with E-state index in [1.807, 2.05) is 31.2 Å². The Morgan fingerprint density at radius 3 is 2.22 bits per heavy atom. The van der Waals surface area contributed by atoms with Gasteiger partial charge in [-0.15, -0.1) is 0 Å². The van der Waals surface area contributed by atoms with Crippen LogP contribution >= 0.6 is 0 Å². The molecular formula is C21H21N3O3. The quantitative estimate of drug-likeness (QED) is 0.679. The lowest BCUT2D eigenvalue weighted by atomic mass is 10.2. The molecule has 2 N–H and O–H groups in total. The first-order valence-electron chi connectivity index (χ1n) is 8.42. The van der Waals surface area contributed by atoms with E-state index in [-0.39, 0.29) is 5.91 Å². The van der Waals surface area contributed by atoms with Gasteiger partial charge in [0.25, 0.3) is 5.91 Å². The maximum absolute atomic E-state index is 12.4. The first-order chi connectivity index (χ1) is 13.1. The Balaban J connectivity index is 1.67. The summed E-state index contributed by atoms with van der Waals surface area (Å²) in [6.07, 6.45) is 1.53. The van der Waals surface area contributed by atoms with E-state index in [1.165, 1.54) is 11.8 Å². The van der Waals surface area contributed by atoms with Crippen molar-refractivity contribution in [1.82, 2.24) is 4.98 Å². The molecule has 2 aromatic carbocycles. The van der Waals surface area contributed by atoms with Gasteiger partial charge in [0.2, 0.25) is 0 Å². The van der Waals surface area contributed by atoms with Crippen LogP contribution in [0, 0.1) is 6.92 Å². The molecule has 0 saturated carbocycles. The van der Waals surface area contributed by atoms with Crippen LogP contribution in [0.3, 0.4) is 0 Å². The van der Waals surface area contributed by atoms with Gasteiger partial charge in [-0.2, -0.15) is 0 Å². The first kappa shape index (κ1) is 18.3. The number of methoxy groups -OCH3 is 2. The number of hydrogen-bond acceptors (Lipinski definition) is 5. The zero-order valence-corrected chi connectivity index (χ0v) is 15.4. The van der Waals surface area contributed by atoms with Crippen molar-refractivity contribution in [2.75, 3.05) is 24.9 Å². The first-order valence-corrected chi connectivity index (χ1v) is 8.42. The number of ether oxygens (including phenoxy) is 2. The van der Waals surface area contributed by atoms with E-state index in [9.17, 15) is 4.79 Å². The molecule has 0 atom stereocenters. The molecule has 0 radical (unpaired) electrons. The fourth-order valence-electron chi connectivity index (χ4n) is 2.50. The molecule has 0 aliphatic carbocycles. The number of nitrogens with zero attached hydrogens (tertiary/aromatic N) is 1. The Bertz CT molecular complexity index is 922. The molecule has 0 unspecified atom stereocenters. The Hall–Kier alpha value is -3.54. The van der Waals surface area contributed by atoms with Crippen molar-refractivity contribution in [3.8, 4) is 11.5 Å². The molecule has 0 aliphatic rings. The Labute approximate surface area is 158 Å². The van der Waals surface area contributed by atoms with Gasteiger partial charge >= 0.3 is 0 Å². The van der Waals surface area contributed by atoms with Crippen LogP contribution in [0.25, 0.3) is 0 Å². The highest BCUT2D eigenvalue weighted by Gasteiger charge is 2.10. The Kier molecular flexibility index (Phi) is 5.56. The molecule has 0 bridgehead atoms. The molecule has 27 heavy (non-hydrogen) atoms. The monoisotopic (exact) mass is 363 g/mol. The van der Waals surface area contributed by atoms with Crippen molar-refractivity contribution < 1.29 is 14.3 Å². The van der Waals surface area contributed by atoms with Crippen LogP contribution in [0.5, 0.6) is 11.5 Å². The van der Waals surface area contributed by atoms with Crippen molar-refractivity contribution in [3.63, 3.8) is 0 Å². The predicted octanol–water partition coefficient (Wildman–Crippen LogP) is 4.40. The van der Waals surface area contributed by atoms with Crippen LogP contribution < -0.4 is 20.1 Å². The van der Waals surface area contributed by atoms with Crippen molar-refractivity contribution in [2.45, 2.75) is 6.92 Å². The minimum absolute atomic E-state index is 0.253. The molecule has 0 aliphatic heterocycles. The highest BCUT2D eigenvalue weighted by atomic mass is 16.5. The predicted molar refractivity (Wildman–Crippen MR) is 106 cm³/mol. The SMILES string of the molecule is COc1ccc(NC(=O)c2ccc(Nc3ccc(C)cc3)nc2)cc1OC. The minimum Gasteiger partial charge on any atom is -0.493 e. The fourth-order valence-corrected chi connectivity index (χ4v) is 2.50. The van der Waals surface area contributed by atoms with Crippen LogP contribution in [-0.4, -0.2) is 25.1 Å². The van der Waals surface area contributed by atoms with Gasteiger partial charge in [0, 0.05) is 23.6 Å². The molecular weight excluding hydrogens is 342 g/mol. The average Bonchev–Trinajstić information content (AvgIpc) is 2.70. The third kappa shape index (κ3) is 4.55. The summed E-state index contributed by atoms with van der Waals surface area (Å²) in [4.78, 5) is 16.7. The smallest absolute Gasteiger partial charge is 0.257 e. The third-order valence-electron chi connectivity index (χ3n) is 3.99. The Morgan fingerprint density at radius 1 is 0.889 bits per heavy atom. The van der Waals surface area contributed by atoms with Crippen LogP contribution in [0.1, 0.15) is 15.9 Å². The van der Waals surface area contributed by atoms with E-state index >= 15 is 0 Å². The topological polar surface area (TPSA) is 72.5 Å². The average molecular weight is 363 g/mol. The van der Waals surface area contributed by atoms with Gasteiger partial charge in [-0.25, -0.2) is 4.98 Å². The summed E-state index contributed by atoms with van der Waals surface area (Å²) >= 11 is 0. The Morgan fingerprint density at radius 2 is 1.59 bits per heavy atom. The maximum atomic E-state index is 12.4. The van der Waals surface area contributed by atoms with E-state index in [4.69, 9.17) is 9.47 Å². The number of anilines is 3. The summed E-state index contributed by atoms with van der Waals surface area (Å²) in [6.45, 7) is 2.04. The lowest BCUT2D eigenvalue weighted by molar-refractivity contribution is 0.102. The summed E-state index contributed by atoms with van der Waals surface area (Å²) in [6, 6.07) is 16.7. The van der Waals surface area contributed by atoms with E-state index in [2.05, 4.69) is 15.6 Å². The van der Waals surface area contributed by atoms with E-state index < -0.39 is 0 Å². The van der Waals surface area contributed by atoms with Gasteiger partial charge in [0.05, 0.1) is 19.8 Å². The minimum atomic E-state index is -0.253. The summed E-state index contributed by atoms with van der Waals surface area (Å²) in [7, 11) is 3.11. The second-order valence-corrected chi connectivity index (χ2v) is 5.95. The number of nitrogens with one attached hydrogen (secondary N) is 2. The van der Waals surface area contributed by atoms with Crippen LogP contribution in [0.4, 0.5) is 17.2 Å². The molecule has 1 amide bonds. The number of aryl methyl sites for hydroxylation is 1. The molecule has 0 spiro atoms. The van der Waals surface area contributed by atoms with Gasteiger partial charge in [0.1, 0.15) is 5.82 Å². The molecule has 6 nitrogen and oxygen atoms in total. The molecule has 138 valence electrons. The van der Waals surface area contributed by atoms with Crippen LogP contribution in [-0.2, 0) is 0 Å².